The lowest BCUT2D eigenvalue weighted by Crippen LogP contribution is -1.99. The molecule has 0 amide bonds. The Kier molecular flexibility index (Phi) is 3.15. The van der Waals surface area contributed by atoms with Gasteiger partial charge in [-0.05, 0) is 61.7 Å². The topological polar surface area (TPSA) is 28.1 Å². The van der Waals surface area contributed by atoms with Crippen LogP contribution in [0.4, 0.5) is 0 Å². The van der Waals surface area contributed by atoms with Crippen LogP contribution in [0.5, 0.6) is 0 Å². The molecule has 1 aliphatic rings. The molecular formula is C18H18N2. The molecule has 1 N–H and O–H groups in total. The van der Waals surface area contributed by atoms with E-state index in [2.05, 4.69) is 55.0 Å². The third-order valence-corrected chi connectivity index (χ3v) is 3.60. The van der Waals surface area contributed by atoms with Gasteiger partial charge in [-0.1, -0.05) is 17.7 Å². The summed E-state index contributed by atoms with van der Waals surface area (Å²) in [5, 5.41) is 0. The first-order chi connectivity index (χ1) is 9.66. The van der Waals surface area contributed by atoms with Crippen molar-refractivity contribution in [3.05, 3.63) is 76.3 Å². The Hall–Kier alpha value is -2.35. The Morgan fingerprint density at radius 2 is 1.85 bits per heavy atom. The SMILES string of the molecule is Cc1cc(C)c(/C(=C2\C=CC=N2)c2ccc[nH]2)c(C)c1. The highest BCUT2D eigenvalue weighted by Crippen LogP contribution is 2.33. The summed E-state index contributed by atoms with van der Waals surface area (Å²) in [6, 6.07) is 8.59. The van der Waals surface area contributed by atoms with Crippen LogP contribution in [0.3, 0.4) is 0 Å². The van der Waals surface area contributed by atoms with Gasteiger partial charge in [-0.3, -0.25) is 4.99 Å². The maximum absolute atomic E-state index is 4.50. The van der Waals surface area contributed by atoms with E-state index < -0.39 is 0 Å². The van der Waals surface area contributed by atoms with Gasteiger partial charge in [-0.2, -0.15) is 0 Å². The molecule has 0 spiro atoms. The highest BCUT2D eigenvalue weighted by atomic mass is 14.8. The molecule has 1 aromatic carbocycles. The fourth-order valence-electron chi connectivity index (χ4n) is 2.91. The number of allylic oxidation sites excluding steroid dienone is 2. The van der Waals surface area contributed by atoms with Gasteiger partial charge >= 0.3 is 0 Å². The normalized spacial score (nSPS) is 15.9. The molecule has 0 bridgehead atoms. The van der Waals surface area contributed by atoms with E-state index in [1.165, 1.54) is 27.8 Å². The Balaban J connectivity index is 2.30. The summed E-state index contributed by atoms with van der Waals surface area (Å²) < 4.78 is 0. The summed E-state index contributed by atoms with van der Waals surface area (Å²) in [6.45, 7) is 6.47. The maximum Gasteiger partial charge on any atom is 0.0729 e. The van der Waals surface area contributed by atoms with E-state index >= 15 is 0 Å². The van der Waals surface area contributed by atoms with Crippen LogP contribution >= 0.6 is 0 Å². The molecule has 3 rings (SSSR count). The second kappa shape index (κ2) is 4.97. The zero-order valence-corrected chi connectivity index (χ0v) is 12.1. The first-order valence-electron chi connectivity index (χ1n) is 6.84. The van der Waals surface area contributed by atoms with Crippen LogP contribution in [0.2, 0.25) is 0 Å². The van der Waals surface area contributed by atoms with Crippen molar-refractivity contribution >= 4 is 11.8 Å². The summed E-state index contributed by atoms with van der Waals surface area (Å²) in [6.07, 6.45) is 7.85. The Bertz CT molecular complexity index is 692. The average Bonchev–Trinajstić information content (AvgIpc) is 3.07. The van der Waals surface area contributed by atoms with Crippen molar-refractivity contribution in [2.75, 3.05) is 0 Å². The van der Waals surface area contributed by atoms with Gasteiger partial charge in [0.25, 0.3) is 0 Å². The maximum atomic E-state index is 4.50. The number of hydrogen-bond donors (Lipinski definition) is 1. The minimum absolute atomic E-state index is 1.02. The predicted octanol–water partition coefficient (Wildman–Crippen LogP) is 4.34. The number of aromatic nitrogens is 1. The van der Waals surface area contributed by atoms with Crippen LogP contribution in [-0.4, -0.2) is 11.2 Å². The number of nitrogens with zero attached hydrogens (tertiary/aromatic N) is 1. The number of nitrogens with one attached hydrogen (secondary N) is 1. The van der Waals surface area contributed by atoms with Crippen molar-refractivity contribution in [1.29, 1.82) is 0 Å². The van der Waals surface area contributed by atoms with Gasteiger partial charge in [0, 0.05) is 23.7 Å². The number of benzene rings is 1. The summed E-state index contributed by atoms with van der Waals surface area (Å²) >= 11 is 0. The van der Waals surface area contributed by atoms with Crippen molar-refractivity contribution in [2.45, 2.75) is 20.8 Å². The average molecular weight is 262 g/mol. The lowest BCUT2D eigenvalue weighted by atomic mass is 9.91. The zero-order valence-electron chi connectivity index (χ0n) is 12.1. The van der Waals surface area contributed by atoms with E-state index in [-0.39, 0.29) is 0 Å². The number of rotatable bonds is 2. The monoisotopic (exact) mass is 262 g/mol. The third kappa shape index (κ3) is 2.14. The van der Waals surface area contributed by atoms with Crippen LogP contribution in [0.25, 0.3) is 5.57 Å². The predicted molar refractivity (Wildman–Crippen MR) is 85.1 cm³/mol. The lowest BCUT2D eigenvalue weighted by Gasteiger charge is -2.15. The molecule has 0 radical (unpaired) electrons. The van der Waals surface area contributed by atoms with E-state index in [9.17, 15) is 0 Å². The Morgan fingerprint density at radius 3 is 2.40 bits per heavy atom. The van der Waals surface area contributed by atoms with Gasteiger partial charge in [0.1, 0.15) is 0 Å². The van der Waals surface area contributed by atoms with Gasteiger partial charge in [0.2, 0.25) is 0 Å². The molecule has 0 atom stereocenters. The first-order valence-corrected chi connectivity index (χ1v) is 6.84. The quantitative estimate of drug-likeness (QED) is 0.834. The van der Waals surface area contributed by atoms with Gasteiger partial charge in [-0.25, -0.2) is 0 Å². The summed E-state index contributed by atoms with van der Waals surface area (Å²) in [5.41, 5.74) is 8.45. The van der Waals surface area contributed by atoms with Crippen LogP contribution in [0.1, 0.15) is 27.9 Å². The van der Waals surface area contributed by atoms with Crippen molar-refractivity contribution in [1.82, 2.24) is 4.98 Å². The fourth-order valence-corrected chi connectivity index (χ4v) is 2.91. The van der Waals surface area contributed by atoms with Gasteiger partial charge < -0.3 is 4.98 Å². The molecule has 2 heteroatoms. The molecule has 2 nitrogen and oxygen atoms in total. The molecule has 2 aromatic rings. The molecule has 1 aliphatic heterocycles. The number of aryl methyl sites for hydroxylation is 3. The third-order valence-electron chi connectivity index (χ3n) is 3.60. The molecule has 0 aliphatic carbocycles. The molecule has 20 heavy (non-hydrogen) atoms. The van der Waals surface area contributed by atoms with E-state index in [1.54, 1.807) is 0 Å². The van der Waals surface area contributed by atoms with Gasteiger partial charge in [0.15, 0.2) is 0 Å². The number of aromatic amines is 1. The summed E-state index contributed by atoms with van der Waals surface area (Å²) in [4.78, 5) is 7.81. The molecule has 0 saturated carbocycles. The van der Waals surface area contributed by atoms with Crippen LogP contribution in [0.15, 0.2) is 53.3 Å². The van der Waals surface area contributed by atoms with Gasteiger partial charge in [-0.15, -0.1) is 0 Å². The highest BCUT2D eigenvalue weighted by molar-refractivity contribution is 5.89. The molecule has 1 aromatic heterocycles. The molecule has 0 unspecified atom stereocenters. The molecular weight excluding hydrogens is 244 g/mol. The Morgan fingerprint density at radius 1 is 1.10 bits per heavy atom. The molecule has 0 fully saturated rings. The van der Waals surface area contributed by atoms with Crippen molar-refractivity contribution in [3.8, 4) is 0 Å². The largest absolute Gasteiger partial charge is 0.361 e. The van der Waals surface area contributed by atoms with Crippen LogP contribution in [0, 0.1) is 20.8 Å². The standard InChI is InChI=1S/C18H18N2/c1-12-10-13(2)17(14(3)11-12)18(15-6-4-8-19-15)16-7-5-9-20-16/h4-11,19H,1-3H3/b18-16+. The summed E-state index contributed by atoms with van der Waals surface area (Å²) in [7, 11) is 0. The van der Waals surface area contributed by atoms with E-state index in [0.717, 1.165) is 11.4 Å². The number of H-pyrrole nitrogens is 1. The van der Waals surface area contributed by atoms with E-state index in [4.69, 9.17) is 0 Å². The van der Waals surface area contributed by atoms with Crippen molar-refractivity contribution in [3.63, 3.8) is 0 Å². The van der Waals surface area contributed by atoms with Crippen molar-refractivity contribution in [2.24, 2.45) is 4.99 Å². The second-order valence-electron chi connectivity index (χ2n) is 5.26. The van der Waals surface area contributed by atoms with Crippen LogP contribution in [-0.2, 0) is 0 Å². The van der Waals surface area contributed by atoms with Crippen molar-refractivity contribution < 1.29 is 0 Å². The zero-order chi connectivity index (χ0) is 14.1. The minimum atomic E-state index is 1.02. The highest BCUT2D eigenvalue weighted by Gasteiger charge is 2.16. The van der Waals surface area contributed by atoms with Gasteiger partial charge in [0.05, 0.1) is 5.70 Å². The minimum Gasteiger partial charge on any atom is -0.361 e. The molecule has 2 heterocycles. The first kappa shape index (κ1) is 12.7. The fraction of sp³-hybridized carbons (Fsp3) is 0.167. The molecule has 0 saturated heterocycles. The smallest absolute Gasteiger partial charge is 0.0729 e. The summed E-state index contributed by atoms with van der Waals surface area (Å²) in [5.74, 6) is 0. The van der Waals surface area contributed by atoms with E-state index in [0.29, 0.717) is 0 Å². The number of hydrogen-bond acceptors (Lipinski definition) is 1. The van der Waals surface area contributed by atoms with Crippen LogP contribution < -0.4 is 0 Å². The molecule has 100 valence electrons. The second-order valence-corrected chi connectivity index (χ2v) is 5.26. The van der Waals surface area contributed by atoms with E-state index in [1.807, 2.05) is 24.6 Å². The Labute approximate surface area is 119 Å². The number of aliphatic imine (C=N–C) groups is 1. The lowest BCUT2D eigenvalue weighted by molar-refractivity contribution is 1.25.